The maximum Gasteiger partial charge on any atom is 0.270 e. The zero-order valence-electron chi connectivity index (χ0n) is 15.1. The number of nitrogens with zero attached hydrogens (tertiary/aromatic N) is 2. The van der Waals surface area contributed by atoms with E-state index in [0.717, 1.165) is 30.8 Å². The van der Waals surface area contributed by atoms with Crippen molar-refractivity contribution < 1.29 is 14.3 Å². The average Bonchev–Trinajstić information content (AvgIpc) is 3.18. The number of aromatic nitrogens is 2. The van der Waals surface area contributed by atoms with E-state index in [4.69, 9.17) is 9.47 Å². The van der Waals surface area contributed by atoms with Gasteiger partial charge >= 0.3 is 0 Å². The number of hydrogen-bond donors (Lipinski definition) is 2. The summed E-state index contributed by atoms with van der Waals surface area (Å²) < 4.78 is 10.9. The highest BCUT2D eigenvalue weighted by molar-refractivity contribution is 5.92. The standard InChI is InChI=1S/C19H24N4O3/c1-13-22-16(10-18(23-13)20-12-15-7-5-9-26-15)19(24)21-11-14-6-3-4-8-17(14)25-2/h3-4,6,8,10,15H,5,7,9,11-12H2,1-2H3,(H,21,24)(H,20,22,23). The molecule has 1 aliphatic heterocycles. The minimum absolute atomic E-state index is 0.202. The number of aryl methyl sites for hydroxylation is 1. The van der Waals surface area contributed by atoms with Gasteiger partial charge in [-0.05, 0) is 25.8 Å². The average molecular weight is 356 g/mol. The van der Waals surface area contributed by atoms with Crippen LogP contribution in [0.1, 0.15) is 34.7 Å². The fourth-order valence-electron chi connectivity index (χ4n) is 2.91. The van der Waals surface area contributed by atoms with Gasteiger partial charge in [-0.2, -0.15) is 0 Å². The minimum Gasteiger partial charge on any atom is -0.496 e. The summed E-state index contributed by atoms with van der Waals surface area (Å²) in [7, 11) is 1.61. The normalized spacial score (nSPS) is 16.3. The van der Waals surface area contributed by atoms with Crippen molar-refractivity contribution in [2.75, 3.05) is 25.6 Å². The quantitative estimate of drug-likeness (QED) is 0.792. The molecule has 2 N–H and O–H groups in total. The molecule has 1 unspecified atom stereocenters. The molecule has 138 valence electrons. The molecule has 0 bridgehead atoms. The van der Waals surface area contributed by atoms with Crippen LogP contribution in [0, 0.1) is 6.92 Å². The number of hydrogen-bond acceptors (Lipinski definition) is 6. The summed E-state index contributed by atoms with van der Waals surface area (Å²) in [4.78, 5) is 21.1. The van der Waals surface area contributed by atoms with E-state index in [2.05, 4.69) is 20.6 Å². The van der Waals surface area contributed by atoms with E-state index < -0.39 is 0 Å². The van der Waals surface area contributed by atoms with Gasteiger partial charge in [0.15, 0.2) is 0 Å². The Balaban J connectivity index is 1.62. The fourth-order valence-corrected chi connectivity index (χ4v) is 2.91. The summed E-state index contributed by atoms with van der Waals surface area (Å²) in [6.07, 6.45) is 2.34. The summed E-state index contributed by atoms with van der Waals surface area (Å²) in [5.41, 5.74) is 1.24. The van der Waals surface area contributed by atoms with Crippen molar-refractivity contribution >= 4 is 11.7 Å². The molecule has 1 aliphatic rings. The number of anilines is 1. The van der Waals surface area contributed by atoms with Gasteiger partial charge in [0, 0.05) is 31.3 Å². The molecule has 7 heteroatoms. The summed E-state index contributed by atoms with van der Waals surface area (Å²) >= 11 is 0. The number of carbonyl (C=O) groups is 1. The Hall–Kier alpha value is -2.67. The van der Waals surface area contributed by atoms with Gasteiger partial charge in [-0.1, -0.05) is 18.2 Å². The maximum atomic E-state index is 12.5. The Morgan fingerprint density at radius 1 is 1.35 bits per heavy atom. The summed E-state index contributed by atoms with van der Waals surface area (Å²) in [6.45, 7) is 3.63. The second kappa shape index (κ2) is 8.62. The molecule has 1 fully saturated rings. The summed E-state index contributed by atoms with van der Waals surface area (Å²) in [5, 5.41) is 6.12. The third-order valence-corrected chi connectivity index (χ3v) is 4.24. The van der Waals surface area contributed by atoms with Crippen molar-refractivity contribution in [1.29, 1.82) is 0 Å². The van der Waals surface area contributed by atoms with Crippen LogP contribution in [-0.2, 0) is 11.3 Å². The first kappa shape index (κ1) is 18.1. The SMILES string of the molecule is COc1ccccc1CNC(=O)c1cc(NCC2CCCO2)nc(C)n1. The molecule has 1 aromatic carbocycles. The number of rotatable bonds is 7. The van der Waals surface area contributed by atoms with Gasteiger partial charge in [0.25, 0.3) is 5.91 Å². The largest absolute Gasteiger partial charge is 0.496 e. The molecule has 0 spiro atoms. The van der Waals surface area contributed by atoms with Crippen LogP contribution in [0.4, 0.5) is 5.82 Å². The van der Waals surface area contributed by atoms with E-state index in [1.165, 1.54) is 0 Å². The smallest absolute Gasteiger partial charge is 0.270 e. The molecule has 0 aliphatic carbocycles. The lowest BCUT2D eigenvalue weighted by Crippen LogP contribution is -2.25. The Bertz CT molecular complexity index is 760. The zero-order valence-corrected chi connectivity index (χ0v) is 15.1. The molecule has 7 nitrogen and oxygen atoms in total. The lowest BCUT2D eigenvalue weighted by Gasteiger charge is -2.13. The molecular weight excluding hydrogens is 332 g/mol. The molecular formula is C19H24N4O3. The number of para-hydroxylation sites is 1. The fraction of sp³-hybridized carbons (Fsp3) is 0.421. The molecule has 3 rings (SSSR count). The van der Waals surface area contributed by atoms with Crippen LogP contribution < -0.4 is 15.4 Å². The molecule has 2 heterocycles. The monoisotopic (exact) mass is 356 g/mol. The van der Waals surface area contributed by atoms with Gasteiger partial charge in [0.2, 0.25) is 0 Å². The molecule has 26 heavy (non-hydrogen) atoms. The van der Waals surface area contributed by atoms with Gasteiger partial charge in [-0.25, -0.2) is 9.97 Å². The van der Waals surface area contributed by atoms with Gasteiger partial charge < -0.3 is 20.1 Å². The van der Waals surface area contributed by atoms with E-state index in [1.807, 2.05) is 24.3 Å². The number of ether oxygens (including phenoxy) is 2. The van der Waals surface area contributed by atoms with Crippen LogP contribution in [0.5, 0.6) is 5.75 Å². The molecule has 0 radical (unpaired) electrons. The van der Waals surface area contributed by atoms with E-state index in [1.54, 1.807) is 20.1 Å². The van der Waals surface area contributed by atoms with Crippen molar-refractivity contribution in [3.63, 3.8) is 0 Å². The van der Waals surface area contributed by atoms with Crippen LogP contribution in [0.25, 0.3) is 0 Å². The topological polar surface area (TPSA) is 85.4 Å². The summed E-state index contributed by atoms with van der Waals surface area (Å²) in [5.74, 6) is 1.67. The summed E-state index contributed by atoms with van der Waals surface area (Å²) in [6, 6.07) is 9.25. The molecule has 1 atom stereocenters. The molecule has 1 amide bonds. The number of methoxy groups -OCH3 is 1. The second-order valence-corrected chi connectivity index (χ2v) is 6.20. The molecule has 1 aromatic heterocycles. The third-order valence-electron chi connectivity index (χ3n) is 4.24. The second-order valence-electron chi connectivity index (χ2n) is 6.20. The van der Waals surface area contributed by atoms with Crippen molar-refractivity contribution in [2.45, 2.75) is 32.4 Å². The van der Waals surface area contributed by atoms with Gasteiger partial charge in [-0.3, -0.25) is 4.79 Å². The number of amides is 1. The lowest BCUT2D eigenvalue weighted by atomic mass is 10.2. The first-order valence-corrected chi connectivity index (χ1v) is 8.77. The lowest BCUT2D eigenvalue weighted by molar-refractivity contribution is 0.0945. The van der Waals surface area contributed by atoms with Crippen LogP contribution >= 0.6 is 0 Å². The number of nitrogens with one attached hydrogen (secondary N) is 2. The predicted molar refractivity (Wildman–Crippen MR) is 98.4 cm³/mol. The highest BCUT2D eigenvalue weighted by atomic mass is 16.5. The minimum atomic E-state index is -0.249. The van der Waals surface area contributed by atoms with E-state index >= 15 is 0 Å². The Morgan fingerprint density at radius 3 is 2.96 bits per heavy atom. The van der Waals surface area contributed by atoms with Gasteiger partial charge in [-0.15, -0.1) is 0 Å². The van der Waals surface area contributed by atoms with Crippen molar-refractivity contribution in [2.24, 2.45) is 0 Å². The van der Waals surface area contributed by atoms with Gasteiger partial charge in [0.05, 0.1) is 13.2 Å². The number of benzene rings is 1. The van der Waals surface area contributed by atoms with E-state index in [0.29, 0.717) is 30.4 Å². The van der Waals surface area contributed by atoms with E-state index in [-0.39, 0.29) is 12.0 Å². The first-order chi connectivity index (χ1) is 12.7. The molecule has 0 saturated carbocycles. The first-order valence-electron chi connectivity index (χ1n) is 8.77. The highest BCUT2D eigenvalue weighted by Crippen LogP contribution is 2.17. The molecule has 1 saturated heterocycles. The van der Waals surface area contributed by atoms with Crippen molar-refractivity contribution in [3.8, 4) is 5.75 Å². The zero-order chi connectivity index (χ0) is 18.4. The van der Waals surface area contributed by atoms with E-state index in [9.17, 15) is 4.79 Å². The van der Waals surface area contributed by atoms with Crippen molar-refractivity contribution in [3.05, 3.63) is 47.4 Å². The van der Waals surface area contributed by atoms with Crippen LogP contribution in [0.15, 0.2) is 30.3 Å². The Kier molecular flexibility index (Phi) is 6.01. The third kappa shape index (κ3) is 4.70. The predicted octanol–water partition coefficient (Wildman–Crippen LogP) is 2.31. The van der Waals surface area contributed by atoms with Crippen molar-refractivity contribution in [1.82, 2.24) is 15.3 Å². The number of carbonyl (C=O) groups excluding carboxylic acids is 1. The molecule has 2 aromatic rings. The Labute approximate surface area is 153 Å². The maximum absolute atomic E-state index is 12.5. The highest BCUT2D eigenvalue weighted by Gasteiger charge is 2.16. The van der Waals surface area contributed by atoms with Gasteiger partial charge in [0.1, 0.15) is 23.1 Å². The van der Waals surface area contributed by atoms with Crippen LogP contribution in [-0.4, -0.2) is 42.2 Å². The Morgan fingerprint density at radius 2 is 2.19 bits per heavy atom. The van der Waals surface area contributed by atoms with Crippen LogP contribution in [0.3, 0.4) is 0 Å². The van der Waals surface area contributed by atoms with Crippen LogP contribution in [0.2, 0.25) is 0 Å².